The van der Waals surface area contributed by atoms with E-state index in [1.54, 1.807) is 12.1 Å². The number of aromatic nitrogens is 4. The summed E-state index contributed by atoms with van der Waals surface area (Å²) in [6, 6.07) is 50.5. The molecular weight excluding hydrogens is 968 g/mol. The molecule has 0 radical (unpaired) electrons. The van der Waals surface area contributed by atoms with E-state index in [1.807, 2.05) is 143 Å². The molecule has 6 aliphatic rings. The van der Waals surface area contributed by atoms with Crippen molar-refractivity contribution < 1.29 is 19.2 Å². The van der Waals surface area contributed by atoms with Crippen LogP contribution in [0, 0.1) is 0 Å². The number of amides is 4. The molecule has 14 heteroatoms. The lowest BCUT2D eigenvalue weighted by molar-refractivity contribution is -0.121. The highest BCUT2D eigenvalue weighted by Gasteiger charge is 2.68. The van der Waals surface area contributed by atoms with Crippen molar-refractivity contribution in [2.75, 3.05) is 20.4 Å². The van der Waals surface area contributed by atoms with E-state index in [0.29, 0.717) is 57.7 Å². The number of halogens is 2. The first-order valence-electron chi connectivity index (χ1n) is 25.3. The third-order valence-electron chi connectivity index (χ3n) is 15.8. The Kier molecular flexibility index (Phi) is 11.2. The number of aromatic amines is 2. The van der Waals surface area contributed by atoms with Gasteiger partial charge < -0.3 is 20.4 Å². The Hall–Kier alpha value is -7.80. The summed E-state index contributed by atoms with van der Waals surface area (Å²) < 4.78 is 0. The van der Waals surface area contributed by atoms with Crippen molar-refractivity contribution in [3.05, 3.63) is 224 Å². The maximum Gasteiger partial charge on any atom is 0.256 e. The Labute approximate surface area is 437 Å². The zero-order valence-electron chi connectivity index (χ0n) is 40.2. The van der Waals surface area contributed by atoms with Crippen molar-refractivity contribution in [3.8, 4) is 0 Å². The van der Waals surface area contributed by atoms with Crippen molar-refractivity contribution in [2.45, 2.75) is 86.1 Å². The molecule has 2 aliphatic heterocycles. The lowest BCUT2D eigenvalue weighted by atomic mass is 9.92. The van der Waals surface area contributed by atoms with Gasteiger partial charge in [-0.05, 0) is 133 Å². The number of hydrogen-bond acceptors (Lipinski definition) is 6. The molecule has 4 saturated carbocycles. The molecule has 4 aliphatic carbocycles. The molecular formula is C60H50Cl2N8O4. The number of anilines is 4. The second kappa shape index (κ2) is 18.0. The van der Waals surface area contributed by atoms with Gasteiger partial charge >= 0.3 is 0 Å². The monoisotopic (exact) mass is 1020 g/mol. The number of fused-ring (bicyclic) bond motifs is 4. The molecule has 4 heterocycles. The molecule has 0 bridgehead atoms. The fourth-order valence-electron chi connectivity index (χ4n) is 11.6. The maximum absolute atomic E-state index is 13.9. The normalized spacial score (nSPS) is 21.8. The number of para-hydroxylation sites is 2. The number of H-pyrrole nitrogens is 2. The topological polar surface area (TPSA) is 156 Å². The summed E-state index contributed by atoms with van der Waals surface area (Å²) in [6.07, 6.45) is 6.23. The molecule has 2 aromatic heterocycles. The van der Waals surface area contributed by atoms with Crippen molar-refractivity contribution in [1.29, 1.82) is 0 Å². The Morgan fingerprint density at radius 3 is 1.34 bits per heavy atom. The Balaban J connectivity index is 0.000000143. The third-order valence-corrected chi connectivity index (χ3v) is 16.3. The van der Waals surface area contributed by atoms with E-state index in [0.717, 1.165) is 94.7 Å². The average Bonchev–Trinajstić information content (AvgIpc) is 4.32. The van der Waals surface area contributed by atoms with E-state index >= 15 is 0 Å². The molecule has 2 spiro atoms. The van der Waals surface area contributed by atoms with Crippen molar-refractivity contribution in [2.24, 2.45) is 0 Å². The van der Waals surface area contributed by atoms with Crippen LogP contribution in [0.1, 0.15) is 128 Å². The number of benzene rings is 6. The van der Waals surface area contributed by atoms with Gasteiger partial charge in [-0.2, -0.15) is 10.2 Å². The minimum Gasteiger partial charge on any atom is -0.307 e. The number of nitrogens with zero attached hydrogens (tertiary/aromatic N) is 4. The van der Waals surface area contributed by atoms with Crippen LogP contribution in [0.4, 0.5) is 23.0 Å². The van der Waals surface area contributed by atoms with Crippen LogP contribution in [0.15, 0.2) is 158 Å². The summed E-state index contributed by atoms with van der Waals surface area (Å²) in [6.45, 7) is 0.806. The van der Waals surface area contributed by atoms with Crippen LogP contribution in [0.3, 0.4) is 0 Å². The number of rotatable bonds is 12. The fourth-order valence-corrected chi connectivity index (χ4v) is 11.8. The highest BCUT2D eigenvalue weighted by atomic mass is 35.5. The molecule has 4 N–H and O–H groups in total. The zero-order chi connectivity index (χ0) is 50.3. The second-order valence-electron chi connectivity index (χ2n) is 20.7. The van der Waals surface area contributed by atoms with Crippen LogP contribution < -0.4 is 20.4 Å². The summed E-state index contributed by atoms with van der Waals surface area (Å²) in [5, 5.41) is 21.6. The maximum atomic E-state index is 13.9. The first-order chi connectivity index (χ1) is 36.0. The molecule has 0 saturated heterocycles. The summed E-state index contributed by atoms with van der Waals surface area (Å²) in [5.41, 5.74) is 10.3. The lowest BCUT2D eigenvalue weighted by Crippen LogP contribution is -2.32. The number of nitrogens with one attached hydrogen (secondary N) is 4. The van der Waals surface area contributed by atoms with Crippen molar-refractivity contribution in [3.63, 3.8) is 0 Å². The van der Waals surface area contributed by atoms with Gasteiger partial charge in [-0.1, -0.05) is 108 Å². The summed E-state index contributed by atoms with van der Waals surface area (Å²) in [7, 11) is 0. The zero-order valence-corrected chi connectivity index (χ0v) is 41.7. The van der Waals surface area contributed by atoms with Crippen LogP contribution in [0.25, 0.3) is 0 Å². The van der Waals surface area contributed by atoms with Crippen LogP contribution >= 0.6 is 23.2 Å². The molecule has 14 rings (SSSR count). The SMILES string of the molecule is O=C(Nc1cc(C2CC2)[nH]n1)c1cccc(CN2C(=O)[C@@]3(C[C@H]3c3ccc(Cl)cc3)c3ccccc32)c1.O=C(Nc1cc(C2CC2)[nH]n1)c1cccc(CN2C(=O)[C@]3(CC3c3ccc(Cl)cc3)c3ccccc32)c1. The quantitative estimate of drug-likeness (QED) is 0.0955. The van der Waals surface area contributed by atoms with Gasteiger partial charge in [0.15, 0.2) is 11.6 Å². The average molecular weight is 1020 g/mol. The number of hydrogen-bond donors (Lipinski definition) is 4. The molecule has 368 valence electrons. The van der Waals surface area contributed by atoms with Gasteiger partial charge in [-0.15, -0.1) is 0 Å². The summed E-state index contributed by atoms with van der Waals surface area (Å²) in [5.74, 6) is 2.21. The van der Waals surface area contributed by atoms with Crippen LogP contribution in [0.2, 0.25) is 10.0 Å². The van der Waals surface area contributed by atoms with Crippen LogP contribution in [-0.2, 0) is 33.5 Å². The minimum absolute atomic E-state index is 0.118. The lowest BCUT2D eigenvalue weighted by Gasteiger charge is -2.19. The molecule has 74 heavy (non-hydrogen) atoms. The Bertz CT molecular complexity index is 3320. The molecule has 4 atom stereocenters. The van der Waals surface area contributed by atoms with Gasteiger partial charge in [0, 0.05) is 79.7 Å². The second-order valence-corrected chi connectivity index (χ2v) is 21.5. The van der Waals surface area contributed by atoms with E-state index in [1.165, 1.54) is 0 Å². The highest BCUT2D eigenvalue weighted by molar-refractivity contribution is 6.31. The number of carbonyl (C=O) groups excluding carboxylic acids is 4. The number of carbonyl (C=O) groups is 4. The van der Waals surface area contributed by atoms with Crippen LogP contribution in [-0.4, -0.2) is 44.0 Å². The van der Waals surface area contributed by atoms with E-state index in [2.05, 4.69) is 43.2 Å². The highest BCUT2D eigenvalue weighted by Crippen LogP contribution is 2.67. The van der Waals surface area contributed by atoms with Gasteiger partial charge in [-0.3, -0.25) is 29.4 Å². The van der Waals surface area contributed by atoms with E-state index in [9.17, 15) is 19.2 Å². The fraction of sp³-hybridized carbons (Fsp3) is 0.233. The smallest absolute Gasteiger partial charge is 0.256 e. The molecule has 6 aromatic carbocycles. The van der Waals surface area contributed by atoms with Gasteiger partial charge in [0.25, 0.3) is 11.8 Å². The van der Waals surface area contributed by atoms with Crippen molar-refractivity contribution in [1.82, 2.24) is 20.4 Å². The van der Waals surface area contributed by atoms with E-state index < -0.39 is 10.8 Å². The minimum atomic E-state index is -0.529. The first kappa shape index (κ1) is 46.0. The van der Waals surface area contributed by atoms with E-state index in [-0.39, 0.29) is 35.5 Å². The van der Waals surface area contributed by atoms with Gasteiger partial charge in [0.1, 0.15) is 0 Å². The van der Waals surface area contributed by atoms with Crippen molar-refractivity contribution >= 4 is 69.8 Å². The molecule has 4 fully saturated rings. The Morgan fingerprint density at radius 1 is 0.527 bits per heavy atom. The molecule has 4 amide bonds. The molecule has 1 unspecified atom stereocenters. The molecule has 12 nitrogen and oxygen atoms in total. The predicted octanol–water partition coefficient (Wildman–Crippen LogP) is 12.3. The summed E-state index contributed by atoms with van der Waals surface area (Å²) >= 11 is 12.2. The van der Waals surface area contributed by atoms with Gasteiger partial charge in [0.05, 0.1) is 23.9 Å². The predicted molar refractivity (Wildman–Crippen MR) is 286 cm³/mol. The Morgan fingerprint density at radius 2 is 0.932 bits per heavy atom. The van der Waals surface area contributed by atoms with Crippen LogP contribution in [0.5, 0.6) is 0 Å². The largest absolute Gasteiger partial charge is 0.307 e. The standard InChI is InChI=1S/2C30H25ClN4O2/c2*31-22-12-10-19(11-13-22)24-16-30(24)23-6-1-2-7-26(23)35(29(30)37)17-18-4-3-5-21(14-18)28(36)32-27-15-25(33-34-27)20-8-9-20/h2*1-7,10-15,20,24H,8-9,16-17H2,(H2,32,33,34,36)/t24?,30-;24-,30-/m10/s1. The third kappa shape index (κ3) is 8.26. The first-order valence-corrected chi connectivity index (χ1v) is 26.1. The molecule has 8 aromatic rings. The van der Waals surface area contributed by atoms with E-state index in [4.69, 9.17) is 23.2 Å². The van der Waals surface area contributed by atoms with Gasteiger partial charge in [-0.25, -0.2) is 0 Å². The summed E-state index contributed by atoms with van der Waals surface area (Å²) in [4.78, 5) is 57.5. The van der Waals surface area contributed by atoms with Gasteiger partial charge in [0.2, 0.25) is 11.8 Å².